The zero-order valence-electron chi connectivity index (χ0n) is 14.3. The second kappa shape index (κ2) is 6.70. The van der Waals surface area contributed by atoms with E-state index >= 15 is 0 Å². The van der Waals surface area contributed by atoms with Crippen molar-refractivity contribution in [3.05, 3.63) is 42.9 Å². The number of imidazole rings is 1. The Kier molecular flexibility index (Phi) is 4.46. The number of hydrogen-bond acceptors (Lipinski definition) is 5. The second-order valence-corrected chi connectivity index (χ2v) is 5.85. The van der Waals surface area contributed by atoms with Gasteiger partial charge in [0.05, 0.1) is 7.11 Å². The number of aryl methyl sites for hydroxylation is 1. The van der Waals surface area contributed by atoms with Gasteiger partial charge in [-0.05, 0) is 31.5 Å². The van der Waals surface area contributed by atoms with Gasteiger partial charge in [0, 0.05) is 37.2 Å². The maximum atomic E-state index is 5.33. The summed E-state index contributed by atoms with van der Waals surface area (Å²) in [5.41, 5.74) is 2.69. The van der Waals surface area contributed by atoms with Crippen molar-refractivity contribution >= 4 is 5.95 Å². The number of ether oxygens (including phenoxy) is 1. The molecule has 0 saturated carbocycles. The van der Waals surface area contributed by atoms with Crippen LogP contribution in [0.25, 0.3) is 22.6 Å². The summed E-state index contributed by atoms with van der Waals surface area (Å²) in [6, 6.07) is 8.11. The Labute approximate surface area is 141 Å². The van der Waals surface area contributed by atoms with Crippen LogP contribution in [0.2, 0.25) is 0 Å². The van der Waals surface area contributed by atoms with Crippen molar-refractivity contribution in [2.45, 2.75) is 19.9 Å². The van der Waals surface area contributed by atoms with Crippen LogP contribution in [0.4, 0.5) is 5.95 Å². The average Bonchev–Trinajstić information content (AvgIpc) is 3.00. The van der Waals surface area contributed by atoms with Gasteiger partial charge in [0.15, 0.2) is 5.82 Å². The molecule has 6 nitrogen and oxygen atoms in total. The zero-order chi connectivity index (χ0) is 17.1. The van der Waals surface area contributed by atoms with Crippen LogP contribution >= 0.6 is 0 Å². The first kappa shape index (κ1) is 16.0. The van der Waals surface area contributed by atoms with Crippen LogP contribution in [0, 0.1) is 0 Å². The third-order valence-electron chi connectivity index (χ3n) is 3.62. The molecule has 1 aromatic carbocycles. The molecule has 0 aliphatic carbocycles. The van der Waals surface area contributed by atoms with Crippen LogP contribution in [0.1, 0.15) is 13.8 Å². The zero-order valence-corrected chi connectivity index (χ0v) is 14.3. The quantitative estimate of drug-likeness (QED) is 0.780. The molecule has 0 radical (unpaired) electrons. The van der Waals surface area contributed by atoms with Gasteiger partial charge >= 0.3 is 0 Å². The molecule has 0 unspecified atom stereocenters. The van der Waals surface area contributed by atoms with E-state index in [1.54, 1.807) is 13.3 Å². The van der Waals surface area contributed by atoms with E-state index in [4.69, 9.17) is 9.72 Å². The van der Waals surface area contributed by atoms with E-state index in [0.717, 1.165) is 28.4 Å². The van der Waals surface area contributed by atoms with Crippen molar-refractivity contribution in [2.24, 2.45) is 7.05 Å². The predicted octanol–water partition coefficient (Wildman–Crippen LogP) is 3.37. The smallest absolute Gasteiger partial charge is 0.223 e. The lowest BCUT2D eigenvalue weighted by molar-refractivity contribution is 0.415. The Bertz CT molecular complexity index is 841. The fraction of sp³-hybridized carbons (Fsp3) is 0.278. The number of aromatic nitrogens is 4. The van der Waals surface area contributed by atoms with Crippen LogP contribution < -0.4 is 10.1 Å². The van der Waals surface area contributed by atoms with E-state index in [9.17, 15) is 0 Å². The first-order valence-electron chi connectivity index (χ1n) is 7.84. The Hall–Kier alpha value is -2.89. The number of benzene rings is 1. The molecule has 124 valence electrons. The SMILES string of the molecule is COc1cccc(-c2cnc(NC(C)C)nc2-c2nccn2C)c1. The lowest BCUT2D eigenvalue weighted by Gasteiger charge is -2.13. The normalized spacial score (nSPS) is 10.9. The molecular formula is C18H21N5O. The first-order chi connectivity index (χ1) is 11.6. The maximum absolute atomic E-state index is 5.33. The molecule has 0 aliphatic rings. The van der Waals surface area contributed by atoms with Crippen LogP contribution in [-0.2, 0) is 7.05 Å². The van der Waals surface area contributed by atoms with Crippen molar-refractivity contribution in [3.63, 3.8) is 0 Å². The number of nitrogens with zero attached hydrogens (tertiary/aromatic N) is 4. The van der Waals surface area contributed by atoms with E-state index in [0.29, 0.717) is 5.95 Å². The van der Waals surface area contributed by atoms with Crippen molar-refractivity contribution in [3.8, 4) is 28.4 Å². The van der Waals surface area contributed by atoms with Crippen LogP contribution in [0.5, 0.6) is 5.75 Å². The number of anilines is 1. The standard InChI is InChI=1S/C18H21N5O/c1-12(2)21-18-20-11-15(13-6-5-7-14(10-13)24-4)16(22-18)17-19-8-9-23(17)3/h5-12H,1-4H3,(H,20,21,22). The van der Waals surface area contributed by atoms with Gasteiger partial charge in [0.2, 0.25) is 5.95 Å². The van der Waals surface area contributed by atoms with Crippen LogP contribution in [0.15, 0.2) is 42.9 Å². The molecule has 0 aliphatic heterocycles. The summed E-state index contributed by atoms with van der Waals surface area (Å²) in [5, 5.41) is 3.24. The second-order valence-electron chi connectivity index (χ2n) is 5.85. The predicted molar refractivity (Wildman–Crippen MR) is 95.0 cm³/mol. The van der Waals surface area contributed by atoms with E-state index in [1.165, 1.54) is 0 Å². The molecule has 2 aromatic heterocycles. The largest absolute Gasteiger partial charge is 0.497 e. The monoisotopic (exact) mass is 323 g/mol. The Morgan fingerprint density at radius 1 is 1.21 bits per heavy atom. The molecule has 6 heteroatoms. The summed E-state index contributed by atoms with van der Waals surface area (Å²) in [6.07, 6.45) is 5.50. The summed E-state index contributed by atoms with van der Waals surface area (Å²) < 4.78 is 7.28. The van der Waals surface area contributed by atoms with Gasteiger partial charge in [-0.25, -0.2) is 15.0 Å². The van der Waals surface area contributed by atoms with Gasteiger partial charge in [-0.1, -0.05) is 12.1 Å². The van der Waals surface area contributed by atoms with E-state index in [1.807, 2.05) is 48.3 Å². The van der Waals surface area contributed by atoms with Gasteiger partial charge in [-0.2, -0.15) is 0 Å². The molecule has 0 atom stereocenters. The molecule has 3 aromatic rings. The minimum absolute atomic E-state index is 0.252. The van der Waals surface area contributed by atoms with Gasteiger partial charge in [-0.15, -0.1) is 0 Å². The summed E-state index contributed by atoms with van der Waals surface area (Å²) in [7, 11) is 3.61. The minimum Gasteiger partial charge on any atom is -0.497 e. The third kappa shape index (κ3) is 3.22. The highest BCUT2D eigenvalue weighted by molar-refractivity contribution is 5.78. The fourth-order valence-electron chi connectivity index (χ4n) is 2.48. The topological polar surface area (TPSA) is 64.9 Å². The number of rotatable bonds is 5. The van der Waals surface area contributed by atoms with Crippen LogP contribution in [-0.4, -0.2) is 32.7 Å². The molecule has 24 heavy (non-hydrogen) atoms. The summed E-state index contributed by atoms with van der Waals surface area (Å²) >= 11 is 0. The molecule has 1 N–H and O–H groups in total. The molecule has 2 heterocycles. The molecule has 3 rings (SSSR count). The summed E-state index contributed by atoms with van der Waals surface area (Å²) in [4.78, 5) is 13.6. The lowest BCUT2D eigenvalue weighted by atomic mass is 10.0. The highest BCUT2D eigenvalue weighted by Gasteiger charge is 2.16. The number of hydrogen-bond donors (Lipinski definition) is 1. The third-order valence-corrected chi connectivity index (χ3v) is 3.62. The summed E-state index contributed by atoms with van der Waals surface area (Å²) in [5.74, 6) is 2.18. The lowest BCUT2D eigenvalue weighted by Crippen LogP contribution is -2.13. The van der Waals surface area contributed by atoms with Gasteiger partial charge in [0.1, 0.15) is 11.4 Å². The van der Waals surface area contributed by atoms with E-state index in [-0.39, 0.29) is 6.04 Å². The van der Waals surface area contributed by atoms with Crippen LogP contribution in [0.3, 0.4) is 0 Å². The highest BCUT2D eigenvalue weighted by atomic mass is 16.5. The van der Waals surface area contributed by atoms with Crippen molar-refractivity contribution in [1.29, 1.82) is 0 Å². The number of nitrogens with one attached hydrogen (secondary N) is 1. The first-order valence-corrected chi connectivity index (χ1v) is 7.84. The van der Waals surface area contributed by atoms with Gasteiger partial charge in [0.25, 0.3) is 0 Å². The van der Waals surface area contributed by atoms with Gasteiger partial charge in [-0.3, -0.25) is 0 Å². The summed E-state index contributed by atoms with van der Waals surface area (Å²) in [6.45, 7) is 4.11. The minimum atomic E-state index is 0.252. The molecular weight excluding hydrogens is 302 g/mol. The van der Waals surface area contributed by atoms with E-state index in [2.05, 4.69) is 29.1 Å². The Morgan fingerprint density at radius 2 is 2.04 bits per heavy atom. The van der Waals surface area contributed by atoms with Crippen molar-refractivity contribution in [2.75, 3.05) is 12.4 Å². The van der Waals surface area contributed by atoms with Crippen molar-refractivity contribution < 1.29 is 4.74 Å². The van der Waals surface area contributed by atoms with E-state index < -0.39 is 0 Å². The molecule has 0 bridgehead atoms. The molecule has 0 amide bonds. The maximum Gasteiger partial charge on any atom is 0.223 e. The number of methoxy groups -OCH3 is 1. The average molecular weight is 323 g/mol. The molecule has 0 fully saturated rings. The van der Waals surface area contributed by atoms with Gasteiger partial charge < -0.3 is 14.6 Å². The molecule has 0 spiro atoms. The Balaban J connectivity index is 2.16. The fourth-order valence-corrected chi connectivity index (χ4v) is 2.48. The van der Waals surface area contributed by atoms with Crippen molar-refractivity contribution in [1.82, 2.24) is 19.5 Å². The highest BCUT2D eigenvalue weighted by Crippen LogP contribution is 2.31. The molecule has 0 saturated heterocycles. The Morgan fingerprint density at radius 3 is 2.71 bits per heavy atom.